The summed E-state index contributed by atoms with van der Waals surface area (Å²) in [6.07, 6.45) is 0.671. The van der Waals surface area contributed by atoms with E-state index < -0.39 is 0 Å². The first kappa shape index (κ1) is 12.7. The highest BCUT2D eigenvalue weighted by atomic mass is 15.4. The number of fused-ring (bicyclic) bond motifs is 1. The molecule has 0 amide bonds. The SMILES string of the molecule is Cc1ccc(-c2ccc3nnc(CCN)n3n2)c(C)c1. The van der Waals surface area contributed by atoms with E-state index in [-0.39, 0.29) is 0 Å². The normalized spacial score (nSPS) is 11.2. The lowest BCUT2D eigenvalue weighted by Crippen LogP contribution is -2.08. The van der Waals surface area contributed by atoms with Gasteiger partial charge in [0.15, 0.2) is 11.5 Å². The summed E-state index contributed by atoms with van der Waals surface area (Å²) in [7, 11) is 0. The highest BCUT2D eigenvalue weighted by molar-refractivity contribution is 5.64. The van der Waals surface area contributed by atoms with Crippen LogP contribution in [-0.2, 0) is 6.42 Å². The molecule has 5 nitrogen and oxygen atoms in total. The molecule has 0 aliphatic heterocycles. The van der Waals surface area contributed by atoms with Crippen molar-refractivity contribution in [1.29, 1.82) is 0 Å². The Hall–Kier alpha value is -2.27. The van der Waals surface area contributed by atoms with Crippen molar-refractivity contribution < 1.29 is 0 Å². The number of benzene rings is 1. The third-order valence-corrected chi connectivity index (χ3v) is 3.35. The van der Waals surface area contributed by atoms with Crippen molar-refractivity contribution in [2.75, 3.05) is 6.54 Å². The molecule has 0 aliphatic rings. The Morgan fingerprint density at radius 2 is 1.95 bits per heavy atom. The molecule has 1 aromatic carbocycles. The van der Waals surface area contributed by atoms with E-state index in [9.17, 15) is 0 Å². The van der Waals surface area contributed by atoms with Gasteiger partial charge in [0.1, 0.15) is 0 Å². The molecule has 5 heteroatoms. The van der Waals surface area contributed by atoms with Crippen molar-refractivity contribution in [1.82, 2.24) is 19.8 Å². The lowest BCUT2D eigenvalue weighted by Gasteiger charge is -2.07. The molecular formula is C15H17N5. The molecule has 2 N–H and O–H groups in total. The molecule has 3 rings (SSSR count). The van der Waals surface area contributed by atoms with E-state index in [0.29, 0.717) is 13.0 Å². The predicted octanol–water partition coefficient (Wildman–Crippen LogP) is 1.91. The lowest BCUT2D eigenvalue weighted by atomic mass is 10.0. The number of nitrogens with two attached hydrogens (primary N) is 1. The average Bonchev–Trinajstić information content (AvgIpc) is 2.82. The average molecular weight is 267 g/mol. The van der Waals surface area contributed by atoms with Crippen molar-refractivity contribution in [2.45, 2.75) is 20.3 Å². The van der Waals surface area contributed by atoms with Gasteiger partial charge in [0, 0.05) is 12.0 Å². The first-order valence-electron chi connectivity index (χ1n) is 6.68. The summed E-state index contributed by atoms with van der Waals surface area (Å²) < 4.78 is 1.78. The minimum absolute atomic E-state index is 0.538. The number of hydrogen-bond donors (Lipinski definition) is 1. The van der Waals surface area contributed by atoms with Crippen LogP contribution in [0.5, 0.6) is 0 Å². The van der Waals surface area contributed by atoms with Gasteiger partial charge in [-0.1, -0.05) is 23.8 Å². The first-order chi connectivity index (χ1) is 9.69. The fraction of sp³-hybridized carbons (Fsp3) is 0.267. The van der Waals surface area contributed by atoms with E-state index in [1.165, 1.54) is 11.1 Å². The molecular weight excluding hydrogens is 250 g/mol. The maximum Gasteiger partial charge on any atom is 0.177 e. The Labute approximate surface area is 117 Å². The molecule has 0 saturated carbocycles. The standard InChI is InChI=1S/C15H17N5/c1-10-3-4-12(11(2)9-10)13-5-6-14-17-18-15(7-8-16)20(14)19-13/h3-6,9H,7-8,16H2,1-2H3. The van der Waals surface area contributed by atoms with Crippen LogP contribution in [0.4, 0.5) is 0 Å². The number of nitrogens with zero attached hydrogens (tertiary/aromatic N) is 4. The summed E-state index contributed by atoms with van der Waals surface area (Å²) in [5.74, 6) is 0.800. The van der Waals surface area contributed by atoms with Crippen LogP contribution in [0.2, 0.25) is 0 Å². The van der Waals surface area contributed by atoms with E-state index in [1.54, 1.807) is 4.52 Å². The fourth-order valence-corrected chi connectivity index (χ4v) is 2.36. The Bertz CT molecular complexity index is 760. The van der Waals surface area contributed by atoms with Crippen LogP contribution >= 0.6 is 0 Å². The van der Waals surface area contributed by atoms with E-state index in [4.69, 9.17) is 5.73 Å². The Morgan fingerprint density at radius 1 is 1.10 bits per heavy atom. The second-order valence-corrected chi connectivity index (χ2v) is 4.96. The molecule has 2 aromatic heterocycles. The van der Waals surface area contributed by atoms with Gasteiger partial charge in [-0.25, -0.2) is 0 Å². The number of aryl methyl sites for hydroxylation is 2. The van der Waals surface area contributed by atoms with Crippen LogP contribution in [0, 0.1) is 13.8 Å². The van der Waals surface area contributed by atoms with Gasteiger partial charge in [0.25, 0.3) is 0 Å². The molecule has 3 aromatic rings. The second-order valence-electron chi connectivity index (χ2n) is 4.96. The topological polar surface area (TPSA) is 69.1 Å². The molecule has 0 bridgehead atoms. The van der Waals surface area contributed by atoms with Crippen molar-refractivity contribution >= 4 is 5.65 Å². The molecule has 102 valence electrons. The first-order valence-corrected chi connectivity index (χ1v) is 6.68. The van der Waals surface area contributed by atoms with Crippen molar-refractivity contribution in [3.8, 4) is 11.3 Å². The molecule has 0 aliphatic carbocycles. The van der Waals surface area contributed by atoms with Gasteiger partial charge in [-0.2, -0.15) is 9.61 Å². The van der Waals surface area contributed by atoms with Crippen LogP contribution in [0.15, 0.2) is 30.3 Å². The van der Waals surface area contributed by atoms with Crippen LogP contribution < -0.4 is 5.73 Å². The third kappa shape index (κ3) is 2.16. The van der Waals surface area contributed by atoms with E-state index >= 15 is 0 Å². The molecule has 20 heavy (non-hydrogen) atoms. The molecule has 0 spiro atoms. The maximum atomic E-state index is 5.59. The molecule has 0 saturated heterocycles. The van der Waals surface area contributed by atoms with Gasteiger partial charge in [-0.05, 0) is 38.1 Å². The smallest absolute Gasteiger partial charge is 0.177 e. The summed E-state index contributed by atoms with van der Waals surface area (Å²) in [6.45, 7) is 4.73. The van der Waals surface area contributed by atoms with Crippen molar-refractivity contribution in [3.05, 3.63) is 47.3 Å². The summed E-state index contributed by atoms with van der Waals surface area (Å²) in [6, 6.07) is 10.3. The quantitative estimate of drug-likeness (QED) is 0.787. The Kier molecular flexibility index (Phi) is 3.20. The van der Waals surface area contributed by atoms with Crippen LogP contribution in [0.1, 0.15) is 17.0 Å². The zero-order chi connectivity index (χ0) is 14.1. The van der Waals surface area contributed by atoms with Gasteiger partial charge >= 0.3 is 0 Å². The van der Waals surface area contributed by atoms with Gasteiger partial charge in [-0.15, -0.1) is 10.2 Å². The molecule has 0 unspecified atom stereocenters. The van der Waals surface area contributed by atoms with Crippen molar-refractivity contribution in [3.63, 3.8) is 0 Å². The van der Waals surface area contributed by atoms with Crippen LogP contribution in [0.25, 0.3) is 16.9 Å². The van der Waals surface area contributed by atoms with Gasteiger partial charge < -0.3 is 5.73 Å². The summed E-state index contributed by atoms with van der Waals surface area (Å²) in [4.78, 5) is 0. The predicted molar refractivity (Wildman–Crippen MR) is 78.5 cm³/mol. The fourth-order valence-electron chi connectivity index (χ4n) is 2.36. The van der Waals surface area contributed by atoms with Crippen LogP contribution in [0.3, 0.4) is 0 Å². The number of rotatable bonds is 3. The maximum absolute atomic E-state index is 5.59. The second kappa shape index (κ2) is 5.02. The Balaban J connectivity index is 2.14. The minimum atomic E-state index is 0.538. The van der Waals surface area contributed by atoms with E-state index in [2.05, 4.69) is 47.3 Å². The monoisotopic (exact) mass is 267 g/mol. The molecule has 0 fully saturated rings. The molecule has 0 radical (unpaired) electrons. The van der Waals surface area contributed by atoms with Gasteiger partial charge in [-0.3, -0.25) is 0 Å². The third-order valence-electron chi connectivity index (χ3n) is 3.35. The largest absolute Gasteiger partial charge is 0.330 e. The zero-order valence-corrected chi connectivity index (χ0v) is 11.7. The van der Waals surface area contributed by atoms with Crippen LogP contribution in [-0.4, -0.2) is 26.4 Å². The molecule has 0 atom stereocenters. The molecule has 2 heterocycles. The van der Waals surface area contributed by atoms with E-state index in [0.717, 1.165) is 22.7 Å². The van der Waals surface area contributed by atoms with E-state index in [1.807, 2.05) is 12.1 Å². The van der Waals surface area contributed by atoms with Gasteiger partial charge in [0.2, 0.25) is 0 Å². The summed E-state index contributed by atoms with van der Waals surface area (Å²) in [5.41, 5.74) is 10.9. The number of hydrogen-bond acceptors (Lipinski definition) is 4. The minimum Gasteiger partial charge on any atom is -0.330 e. The highest BCUT2D eigenvalue weighted by Gasteiger charge is 2.09. The summed E-state index contributed by atoms with van der Waals surface area (Å²) in [5, 5.41) is 12.9. The lowest BCUT2D eigenvalue weighted by molar-refractivity contribution is 0.793. The Morgan fingerprint density at radius 3 is 2.70 bits per heavy atom. The number of aromatic nitrogens is 4. The van der Waals surface area contributed by atoms with Crippen molar-refractivity contribution in [2.24, 2.45) is 5.73 Å². The zero-order valence-electron chi connectivity index (χ0n) is 11.7. The van der Waals surface area contributed by atoms with Gasteiger partial charge in [0.05, 0.1) is 5.69 Å². The highest BCUT2D eigenvalue weighted by Crippen LogP contribution is 2.22. The summed E-state index contributed by atoms with van der Waals surface area (Å²) >= 11 is 0.